The largest absolute Gasteiger partial charge is 0.490 e. The van der Waals surface area contributed by atoms with Crippen molar-refractivity contribution in [3.05, 3.63) is 77.1 Å². The molecule has 0 saturated heterocycles. The molecule has 32 heavy (non-hydrogen) atoms. The summed E-state index contributed by atoms with van der Waals surface area (Å²) in [7, 11) is -3.35. The van der Waals surface area contributed by atoms with E-state index >= 15 is 0 Å². The van der Waals surface area contributed by atoms with E-state index in [-0.39, 0.29) is 5.54 Å². The Morgan fingerprint density at radius 3 is 2.62 bits per heavy atom. The van der Waals surface area contributed by atoms with Gasteiger partial charge in [-0.25, -0.2) is 8.42 Å². The SMILES string of the molecule is CS(=O)(=O)c1ccc(Cl)cc1CNC1(c2cnccc2-c2ccccc2OC2CC2)CC1. The first-order valence-corrected chi connectivity index (χ1v) is 13.1. The lowest BCUT2D eigenvalue weighted by Crippen LogP contribution is -2.29. The van der Waals surface area contributed by atoms with Crippen molar-refractivity contribution in [1.29, 1.82) is 0 Å². The lowest BCUT2D eigenvalue weighted by molar-refractivity contribution is 0.304. The third-order valence-corrected chi connectivity index (χ3v) is 7.55. The Labute approximate surface area is 193 Å². The van der Waals surface area contributed by atoms with Crippen LogP contribution >= 0.6 is 11.6 Å². The molecule has 2 fully saturated rings. The van der Waals surface area contributed by atoms with Crippen molar-refractivity contribution < 1.29 is 13.2 Å². The molecule has 1 aromatic heterocycles. The smallest absolute Gasteiger partial charge is 0.175 e. The van der Waals surface area contributed by atoms with Gasteiger partial charge < -0.3 is 10.1 Å². The molecule has 5 rings (SSSR count). The van der Waals surface area contributed by atoms with Gasteiger partial charge in [0.2, 0.25) is 0 Å². The molecule has 2 aliphatic carbocycles. The Morgan fingerprint density at radius 2 is 1.91 bits per heavy atom. The first kappa shape index (κ1) is 21.4. The van der Waals surface area contributed by atoms with Gasteiger partial charge in [0, 0.05) is 41.3 Å². The van der Waals surface area contributed by atoms with Crippen molar-refractivity contribution in [2.45, 2.75) is 48.8 Å². The van der Waals surface area contributed by atoms with Crippen LogP contribution in [0.5, 0.6) is 5.75 Å². The molecule has 166 valence electrons. The predicted molar refractivity (Wildman–Crippen MR) is 126 cm³/mol. The van der Waals surface area contributed by atoms with Crippen LogP contribution in [0, 0.1) is 0 Å². The molecule has 0 radical (unpaired) electrons. The molecule has 3 aromatic rings. The van der Waals surface area contributed by atoms with Crippen LogP contribution in [0.4, 0.5) is 0 Å². The molecule has 0 aliphatic heterocycles. The Morgan fingerprint density at radius 1 is 1.12 bits per heavy atom. The lowest BCUT2D eigenvalue weighted by atomic mass is 9.94. The Kier molecular flexibility index (Phi) is 5.48. The molecular formula is C25H25ClN2O3S. The summed E-state index contributed by atoms with van der Waals surface area (Å²) < 4.78 is 30.7. The number of para-hydroxylation sites is 1. The number of hydrogen-bond donors (Lipinski definition) is 1. The highest BCUT2D eigenvalue weighted by atomic mass is 35.5. The third-order valence-electron chi connectivity index (χ3n) is 6.12. The summed E-state index contributed by atoms with van der Waals surface area (Å²) in [5, 5.41) is 4.14. The van der Waals surface area contributed by atoms with Crippen molar-refractivity contribution in [1.82, 2.24) is 10.3 Å². The van der Waals surface area contributed by atoms with Crippen LogP contribution in [0.25, 0.3) is 11.1 Å². The van der Waals surface area contributed by atoms with Gasteiger partial charge in [-0.1, -0.05) is 29.8 Å². The highest BCUT2D eigenvalue weighted by Gasteiger charge is 2.46. The van der Waals surface area contributed by atoms with E-state index in [1.54, 1.807) is 18.2 Å². The second-order valence-corrected chi connectivity index (χ2v) is 11.1. The van der Waals surface area contributed by atoms with E-state index in [1.807, 2.05) is 36.7 Å². The number of sulfone groups is 1. The predicted octanol–water partition coefficient (Wildman–Crippen LogP) is 5.13. The Balaban J connectivity index is 1.47. The van der Waals surface area contributed by atoms with Crippen LogP contribution in [0.15, 0.2) is 65.8 Å². The van der Waals surface area contributed by atoms with Gasteiger partial charge in [0.25, 0.3) is 0 Å². The van der Waals surface area contributed by atoms with Gasteiger partial charge in [0.1, 0.15) is 5.75 Å². The number of benzene rings is 2. The number of pyridine rings is 1. The summed E-state index contributed by atoms with van der Waals surface area (Å²) in [5.41, 5.74) is 3.68. The van der Waals surface area contributed by atoms with E-state index in [4.69, 9.17) is 16.3 Å². The highest BCUT2D eigenvalue weighted by Crippen LogP contribution is 2.50. The summed E-state index contributed by atoms with van der Waals surface area (Å²) in [4.78, 5) is 4.71. The number of halogens is 1. The number of nitrogens with zero attached hydrogens (tertiary/aromatic N) is 1. The van der Waals surface area contributed by atoms with E-state index in [0.717, 1.165) is 48.1 Å². The quantitative estimate of drug-likeness (QED) is 0.496. The van der Waals surface area contributed by atoms with E-state index in [0.29, 0.717) is 28.1 Å². The van der Waals surface area contributed by atoms with E-state index in [9.17, 15) is 8.42 Å². The van der Waals surface area contributed by atoms with E-state index in [1.165, 1.54) is 6.26 Å². The van der Waals surface area contributed by atoms with Gasteiger partial charge in [-0.2, -0.15) is 0 Å². The maximum Gasteiger partial charge on any atom is 0.175 e. The molecule has 0 unspecified atom stereocenters. The number of aromatic nitrogens is 1. The second kappa shape index (κ2) is 8.18. The van der Waals surface area contributed by atoms with Crippen LogP contribution in [-0.2, 0) is 21.9 Å². The molecule has 7 heteroatoms. The Bertz CT molecular complexity index is 1270. The molecule has 2 aliphatic rings. The maximum absolute atomic E-state index is 12.3. The summed E-state index contributed by atoms with van der Waals surface area (Å²) >= 11 is 6.17. The van der Waals surface area contributed by atoms with Gasteiger partial charge in [0.05, 0.1) is 11.0 Å². The molecule has 0 spiro atoms. The minimum Gasteiger partial charge on any atom is -0.490 e. The molecule has 1 heterocycles. The fraction of sp³-hybridized carbons (Fsp3) is 0.320. The van der Waals surface area contributed by atoms with Gasteiger partial charge in [-0.05, 0) is 72.7 Å². The molecule has 5 nitrogen and oxygen atoms in total. The zero-order valence-corrected chi connectivity index (χ0v) is 19.4. The molecule has 2 saturated carbocycles. The fourth-order valence-corrected chi connectivity index (χ4v) is 5.26. The molecule has 0 bridgehead atoms. The summed E-state index contributed by atoms with van der Waals surface area (Å²) in [6.07, 6.45) is 9.37. The standard InChI is InChI=1S/C25H25ClN2O3S/c1-32(29,30)24-9-6-18(26)14-17(24)15-28-25(11-12-25)22-16-27-13-10-20(22)21-4-2-3-5-23(21)31-19-7-8-19/h2-6,9-10,13-14,16,19,28H,7-8,11-12,15H2,1H3. The van der Waals surface area contributed by atoms with Crippen LogP contribution in [0.2, 0.25) is 5.02 Å². The van der Waals surface area contributed by atoms with Crippen molar-refractivity contribution in [3.63, 3.8) is 0 Å². The first-order valence-electron chi connectivity index (χ1n) is 10.8. The van der Waals surface area contributed by atoms with E-state index in [2.05, 4.69) is 16.4 Å². The van der Waals surface area contributed by atoms with Crippen molar-refractivity contribution in [2.75, 3.05) is 6.26 Å². The highest BCUT2D eigenvalue weighted by molar-refractivity contribution is 7.90. The van der Waals surface area contributed by atoms with Gasteiger partial charge in [-0.15, -0.1) is 0 Å². The zero-order valence-electron chi connectivity index (χ0n) is 17.8. The first-order chi connectivity index (χ1) is 15.4. The van der Waals surface area contributed by atoms with E-state index < -0.39 is 9.84 Å². The number of hydrogen-bond acceptors (Lipinski definition) is 5. The van der Waals surface area contributed by atoms with Crippen molar-refractivity contribution >= 4 is 21.4 Å². The topological polar surface area (TPSA) is 68.3 Å². The second-order valence-electron chi connectivity index (χ2n) is 8.69. The monoisotopic (exact) mass is 468 g/mol. The van der Waals surface area contributed by atoms with Gasteiger partial charge in [0.15, 0.2) is 9.84 Å². The molecule has 1 N–H and O–H groups in total. The van der Waals surface area contributed by atoms with Gasteiger partial charge >= 0.3 is 0 Å². The fourth-order valence-electron chi connectivity index (χ4n) is 4.15. The van der Waals surface area contributed by atoms with Crippen molar-refractivity contribution in [2.24, 2.45) is 0 Å². The summed E-state index contributed by atoms with van der Waals surface area (Å²) in [5.74, 6) is 0.896. The summed E-state index contributed by atoms with van der Waals surface area (Å²) in [6, 6.07) is 15.1. The van der Waals surface area contributed by atoms with Crippen LogP contribution in [-0.4, -0.2) is 25.8 Å². The Hall–Kier alpha value is -2.41. The number of ether oxygens (including phenoxy) is 1. The minimum absolute atomic E-state index is 0.257. The average Bonchev–Trinajstić information content (AvgIpc) is 3.69. The third kappa shape index (κ3) is 4.40. The average molecular weight is 469 g/mol. The minimum atomic E-state index is -3.35. The zero-order chi connectivity index (χ0) is 22.3. The molecular weight excluding hydrogens is 444 g/mol. The van der Waals surface area contributed by atoms with Crippen molar-refractivity contribution in [3.8, 4) is 16.9 Å². The maximum atomic E-state index is 12.3. The normalized spacial score (nSPS) is 17.2. The lowest BCUT2D eigenvalue weighted by Gasteiger charge is -2.23. The van der Waals surface area contributed by atoms with Crippen LogP contribution < -0.4 is 10.1 Å². The molecule has 0 amide bonds. The van der Waals surface area contributed by atoms with Crippen LogP contribution in [0.3, 0.4) is 0 Å². The molecule has 2 aromatic carbocycles. The molecule has 0 atom stereocenters. The summed E-state index contributed by atoms with van der Waals surface area (Å²) in [6.45, 7) is 0.400. The van der Waals surface area contributed by atoms with Crippen LogP contribution in [0.1, 0.15) is 36.8 Å². The number of nitrogens with one attached hydrogen (secondary N) is 1. The number of rotatable bonds is 8. The van der Waals surface area contributed by atoms with Gasteiger partial charge in [-0.3, -0.25) is 4.98 Å².